The normalized spacial score (nSPS) is 12.7. The number of benzene rings is 1. The molecule has 20 heavy (non-hydrogen) atoms. The van der Waals surface area contributed by atoms with E-state index in [4.69, 9.17) is 0 Å². The maximum atomic E-state index is 9.40. The quantitative estimate of drug-likeness (QED) is 0.763. The summed E-state index contributed by atoms with van der Waals surface area (Å²) in [6.45, 7) is 2.25. The Morgan fingerprint density at radius 2 is 2.20 bits per heavy atom. The van der Waals surface area contributed by atoms with Crippen molar-refractivity contribution in [3.63, 3.8) is 0 Å². The van der Waals surface area contributed by atoms with Crippen molar-refractivity contribution in [2.75, 3.05) is 6.61 Å². The molecule has 0 aliphatic carbocycles. The van der Waals surface area contributed by atoms with Crippen molar-refractivity contribution in [1.29, 1.82) is 0 Å². The van der Waals surface area contributed by atoms with E-state index in [-0.39, 0.29) is 12.5 Å². The first-order chi connectivity index (χ1) is 9.81. The second-order valence-electron chi connectivity index (χ2n) is 4.89. The summed E-state index contributed by atoms with van der Waals surface area (Å²) in [5, 5.41) is 9.40. The number of aromatic nitrogens is 3. The Morgan fingerprint density at radius 3 is 2.90 bits per heavy atom. The number of hydrogen-bond acceptors (Lipinski definition) is 3. The van der Waals surface area contributed by atoms with Gasteiger partial charge in [-0.2, -0.15) is 0 Å². The van der Waals surface area contributed by atoms with Gasteiger partial charge in [-0.15, -0.1) is 0 Å². The third-order valence-corrected chi connectivity index (χ3v) is 3.63. The van der Waals surface area contributed by atoms with Gasteiger partial charge in [-0.3, -0.25) is 4.98 Å². The zero-order valence-corrected chi connectivity index (χ0v) is 11.4. The lowest BCUT2D eigenvalue weighted by atomic mass is 9.97. The first kappa shape index (κ1) is 12.8. The fraction of sp³-hybridized carbons (Fsp3) is 0.250. The molecule has 0 saturated heterocycles. The van der Waals surface area contributed by atoms with Crippen molar-refractivity contribution in [1.82, 2.24) is 15.0 Å². The molecule has 4 heteroatoms. The number of H-pyrrole nitrogens is 1. The van der Waals surface area contributed by atoms with Gasteiger partial charge in [0.2, 0.25) is 0 Å². The minimum Gasteiger partial charge on any atom is -0.396 e. The minimum absolute atomic E-state index is 0.172. The van der Waals surface area contributed by atoms with Gasteiger partial charge < -0.3 is 10.1 Å². The highest BCUT2D eigenvalue weighted by Crippen LogP contribution is 2.25. The van der Waals surface area contributed by atoms with Crippen molar-refractivity contribution >= 4 is 11.0 Å². The van der Waals surface area contributed by atoms with Crippen LogP contribution in [0.4, 0.5) is 0 Å². The smallest absolute Gasteiger partial charge is 0.140 e. The van der Waals surface area contributed by atoms with Crippen LogP contribution in [0.5, 0.6) is 0 Å². The average molecular weight is 267 g/mol. The minimum atomic E-state index is 0.172. The fourth-order valence-corrected chi connectivity index (χ4v) is 2.39. The summed E-state index contributed by atoms with van der Waals surface area (Å²) in [6.07, 6.45) is 4.46. The van der Waals surface area contributed by atoms with E-state index in [1.165, 1.54) is 0 Å². The number of aliphatic hydroxyl groups is 1. The lowest BCUT2D eigenvalue weighted by molar-refractivity contribution is 0.262. The molecule has 102 valence electrons. The molecule has 2 heterocycles. The second kappa shape index (κ2) is 5.43. The van der Waals surface area contributed by atoms with Crippen LogP contribution in [0.2, 0.25) is 0 Å². The van der Waals surface area contributed by atoms with Crippen LogP contribution < -0.4 is 0 Å². The van der Waals surface area contributed by atoms with Crippen molar-refractivity contribution < 1.29 is 5.11 Å². The van der Waals surface area contributed by atoms with E-state index in [1.807, 2.05) is 24.3 Å². The van der Waals surface area contributed by atoms with Crippen LogP contribution in [0.1, 0.15) is 24.8 Å². The van der Waals surface area contributed by atoms with Gasteiger partial charge in [0.15, 0.2) is 0 Å². The Bertz CT molecular complexity index is 702. The molecular formula is C16H17N3O. The fourth-order valence-electron chi connectivity index (χ4n) is 2.39. The van der Waals surface area contributed by atoms with Crippen LogP contribution in [0.15, 0.2) is 42.7 Å². The van der Waals surface area contributed by atoms with E-state index in [2.05, 4.69) is 27.9 Å². The summed E-state index contributed by atoms with van der Waals surface area (Å²) >= 11 is 0. The number of aliphatic hydroxyl groups excluding tert-OH is 1. The standard InChI is InChI=1S/C16H17N3O/c1-2-11(10-20)12-5-6-14-15(8-12)19-16(18-14)13-4-3-7-17-9-13/h3-9,11,20H,2,10H2,1H3,(H,18,19). The largest absolute Gasteiger partial charge is 0.396 e. The van der Waals surface area contributed by atoms with Crippen molar-refractivity contribution in [2.24, 2.45) is 0 Å². The molecule has 3 rings (SSSR count). The first-order valence-electron chi connectivity index (χ1n) is 6.82. The molecule has 1 unspecified atom stereocenters. The molecule has 0 bridgehead atoms. The highest BCUT2D eigenvalue weighted by molar-refractivity contribution is 5.80. The molecule has 0 fully saturated rings. The third-order valence-electron chi connectivity index (χ3n) is 3.63. The number of fused-ring (bicyclic) bond motifs is 1. The number of aromatic amines is 1. The molecule has 1 aromatic carbocycles. The molecule has 0 saturated carbocycles. The summed E-state index contributed by atoms with van der Waals surface area (Å²) in [7, 11) is 0. The molecule has 0 radical (unpaired) electrons. The van der Waals surface area contributed by atoms with Crippen molar-refractivity contribution in [3.05, 3.63) is 48.3 Å². The Kier molecular flexibility index (Phi) is 3.48. The molecule has 0 spiro atoms. The molecule has 4 nitrogen and oxygen atoms in total. The van der Waals surface area contributed by atoms with E-state index in [0.29, 0.717) is 0 Å². The van der Waals surface area contributed by atoms with Gasteiger partial charge in [0.05, 0.1) is 11.0 Å². The maximum Gasteiger partial charge on any atom is 0.140 e. The molecule has 0 amide bonds. The predicted octanol–water partition coefficient (Wildman–Crippen LogP) is 3.11. The van der Waals surface area contributed by atoms with Crippen LogP contribution in [0.25, 0.3) is 22.4 Å². The van der Waals surface area contributed by atoms with Gasteiger partial charge >= 0.3 is 0 Å². The SMILES string of the molecule is CCC(CO)c1ccc2nc(-c3cccnc3)[nH]c2c1. The molecule has 1 atom stereocenters. The summed E-state index contributed by atoms with van der Waals surface area (Å²) in [5.74, 6) is 1.01. The summed E-state index contributed by atoms with van der Waals surface area (Å²) in [4.78, 5) is 12.0. The van der Waals surface area contributed by atoms with E-state index < -0.39 is 0 Å². The van der Waals surface area contributed by atoms with E-state index in [9.17, 15) is 5.11 Å². The van der Waals surface area contributed by atoms with E-state index in [1.54, 1.807) is 12.4 Å². The number of hydrogen-bond donors (Lipinski definition) is 2. The van der Waals surface area contributed by atoms with Gasteiger partial charge in [0, 0.05) is 30.5 Å². The predicted molar refractivity (Wildman–Crippen MR) is 79.4 cm³/mol. The number of imidazole rings is 1. The Balaban J connectivity index is 2.04. The molecule has 3 aromatic rings. The summed E-state index contributed by atoms with van der Waals surface area (Å²) in [5.41, 5.74) is 4.04. The lowest BCUT2D eigenvalue weighted by Gasteiger charge is -2.11. The second-order valence-corrected chi connectivity index (χ2v) is 4.89. The van der Waals surface area contributed by atoms with Crippen LogP contribution in [0, 0.1) is 0 Å². The van der Waals surface area contributed by atoms with E-state index in [0.717, 1.165) is 34.4 Å². The monoisotopic (exact) mass is 267 g/mol. The maximum absolute atomic E-state index is 9.40. The Morgan fingerprint density at radius 1 is 1.30 bits per heavy atom. The van der Waals surface area contributed by atoms with Crippen LogP contribution in [0.3, 0.4) is 0 Å². The molecule has 0 aliphatic heterocycles. The van der Waals surface area contributed by atoms with Crippen LogP contribution >= 0.6 is 0 Å². The number of nitrogens with zero attached hydrogens (tertiary/aromatic N) is 2. The topological polar surface area (TPSA) is 61.8 Å². The van der Waals surface area contributed by atoms with Gasteiger partial charge in [-0.05, 0) is 36.2 Å². The van der Waals surface area contributed by atoms with Crippen molar-refractivity contribution in [2.45, 2.75) is 19.3 Å². The molecular weight excluding hydrogens is 250 g/mol. The summed E-state index contributed by atoms with van der Waals surface area (Å²) < 4.78 is 0. The zero-order valence-electron chi connectivity index (χ0n) is 11.4. The van der Waals surface area contributed by atoms with Gasteiger partial charge in [0.1, 0.15) is 5.82 Å². The third kappa shape index (κ3) is 2.30. The van der Waals surface area contributed by atoms with Crippen LogP contribution in [-0.4, -0.2) is 26.7 Å². The molecule has 0 aliphatic rings. The average Bonchev–Trinajstić information content (AvgIpc) is 2.93. The summed E-state index contributed by atoms with van der Waals surface area (Å²) in [6, 6.07) is 9.99. The lowest BCUT2D eigenvalue weighted by Crippen LogP contribution is -2.02. The van der Waals surface area contributed by atoms with Gasteiger partial charge in [-0.25, -0.2) is 4.98 Å². The molecule has 2 N–H and O–H groups in total. The molecule has 2 aromatic heterocycles. The number of rotatable bonds is 4. The van der Waals surface area contributed by atoms with E-state index >= 15 is 0 Å². The first-order valence-corrected chi connectivity index (χ1v) is 6.82. The number of nitrogens with one attached hydrogen (secondary N) is 1. The van der Waals surface area contributed by atoms with Crippen molar-refractivity contribution in [3.8, 4) is 11.4 Å². The van der Waals surface area contributed by atoms with Crippen LogP contribution in [-0.2, 0) is 0 Å². The highest BCUT2D eigenvalue weighted by atomic mass is 16.3. The number of pyridine rings is 1. The van der Waals surface area contributed by atoms with Gasteiger partial charge in [-0.1, -0.05) is 13.0 Å². The Labute approximate surface area is 117 Å². The zero-order chi connectivity index (χ0) is 13.9. The van der Waals surface area contributed by atoms with Gasteiger partial charge in [0.25, 0.3) is 0 Å². The Hall–Kier alpha value is -2.20. The highest BCUT2D eigenvalue weighted by Gasteiger charge is 2.11.